The summed E-state index contributed by atoms with van der Waals surface area (Å²) in [6.07, 6.45) is 8.56. The molecule has 2 aliphatic carbocycles. The lowest BCUT2D eigenvalue weighted by Crippen LogP contribution is -2.40. The summed E-state index contributed by atoms with van der Waals surface area (Å²) >= 11 is 0. The highest BCUT2D eigenvalue weighted by Gasteiger charge is 2.36. The molecule has 37 heavy (non-hydrogen) atoms. The van der Waals surface area contributed by atoms with Crippen LogP contribution in [0.2, 0.25) is 0 Å². The van der Waals surface area contributed by atoms with Gasteiger partial charge in [0.05, 0.1) is 11.8 Å². The van der Waals surface area contributed by atoms with Gasteiger partial charge in [-0.1, -0.05) is 32.0 Å². The molecule has 3 atom stereocenters. The quantitative estimate of drug-likeness (QED) is 0.293. The van der Waals surface area contributed by atoms with Crippen LogP contribution in [-0.4, -0.2) is 45.4 Å². The second-order valence-electron chi connectivity index (χ2n) is 12.3. The first-order valence-electron chi connectivity index (χ1n) is 13.8. The fourth-order valence-electron chi connectivity index (χ4n) is 6.36. The highest BCUT2D eigenvalue weighted by molar-refractivity contribution is 5.42. The van der Waals surface area contributed by atoms with E-state index in [0.717, 1.165) is 57.2 Å². The van der Waals surface area contributed by atoms with E-state index in [2.05, 4.69) is 39.8 Å². The smallest absolute Gasteiger partial charge is 0.225 e. The van der Waals surface area contributed by atoms with Gasteiger partial charge in [-0.25, -0.2) is 9.37 Å². The van der Waals surface area contributed by atoms with Crippen molar-refractivity contribution in [3.63, 3.8) is 0 Å². The van der Waals surface area contributed by atoms with Gasteiger partial charge in [-0.05, 0) is 94.2 Å². The number of phenols is 1. The van der Waals surface area contributed by atoms with Crippen LogP contribution in [0.25, 0.3) is 0 Å². The molecular weight excluding hydrogens is 469 g/mol. The molecule has 0 aliphatic heterocycles. The third kappa shape index (κ3) is 8.01. The van der Waals surface area contributed by atoms with E-state index < -0.39 is 11.4 Å². The monoisotopic (exact) mass is 513 g/mol. The highest BCUT2D eigenvalue weighted by atomic mass is 19.1. The number of hydrogen-bond donors (Lipinski definition) is 5. The normalized spacial score (nSPS) is 30.1. The van der Waals surface area contributed by atoms with Crippen molar-refractivity contribution in [2.24, 2.45) is 23.2 Å². The second-order valence-corrected chi connectivity index (χ2v) is 12.3. The molecule has 2 aromatic rings. The zero-order valence-corrected chi connectivity index (χ0v) is 22.6. The van der Waals surface area contributed by atoms with E-state index in [0.29, 0.717) is 36.8 Å². The molecule has 4 rings (SSSR count). The standard InChI is InChI=1S/C29H44FN5O2/c1-20-12-22(16-31-15-21-8-10-29(3,37)11-9-21)14-28(2,13-20)19-34-26-24(30)18-33-27(35-26)32-17-23-6-4-5-7-25(23)36/h4-7,18,20-22,31,36-37H,8-17,19H2,1-3H3,(H2,32,33,34,35)/t20?,21-,22-,28-,29-/m1/s1. The summed E-state index contributed by atoms with van der Waals surface area (Å²) in [5.74, 6) is 2.12. The van der Waals surface area contributed by atoms with Gasteiger partial charge in [-0.15, -0.1) is 0 Å². The Hall–Kier alpha value is -2.45. The molecule has 0 spiro atoms. The van der Waals surface area contributed by atoms with Crippen molar-refractivity contribution in [2.45, 2.75) is 77.9 Å². The molecule has 5 N–H and O–H groups in total. The Bertz CT molecular complexity index is 1030. The molecule has 1 aromatic carbocycles. The Balaban J connectivity index is 1.27. The number of nitrogens with one attached hydrogen (secondary N) is 3. The van der Waals surface area contributed by atoms with Crippen LogP contribution in [0.15, 0.2) is 30.5 Å². The molecule has 2 aliphatic rings. The predicted octanol–water partition coefficient (Wildman–Crippen LogP) is 5.32. The van der Waals surface area contributed by atoms with Gasteiger partial charge in [0.25, 0.3) is 0 Å². The largest absolute Gasteiger partial charge is 0.508 e. The van der Waals surface area contributed by atoms with Crippen molar-refractivity contribution in [2.75, 3.05) is 30.3 Å². The highest BCUT2D eigenvalue weighted by Crippen LogP contribution is 2.42. The lowest BCUT2D eigenvalue weighted by molar-refractivity contribution is 0.00788. The lowest BCUT2D eigenvalue weighted by Gasteiger charge is -2.42. The van der Waals surface area contributed by atoms with Gasteiger partial charge in [-0.2, -0.15) is 4.98 Å². The summed E-state index contributed by atoms with van der Waals surface area (Å²) in [6.45, 7) is 9.60. The first kappa shape index (κ1) is 27.6. The Morgan fingerprint density at radius 2 is 1.78 bits per heavy atom. The predicted molar refractivity (Wildman–Crippen MR) is 146 cm³/mol. The number of phenolic OH excluding ortho intramolecular Hbond substituents is 1. The number of anilines is 2. The zero-order chi connectivity index (χ0) is 26.5. The van der Waals surface area contributed by atoms with Crippen LogP contribution < -0.4 is 16.0 Å². The average Bonchev–Trinajstić information content (AvgIpc) is 2.84. The number of aromatic hydroxyl groups is 1. The Morgan fingerprint density at radius 1 is 1.05 bits per heavy atom. The van der Waals surface area contributed by atoms with Crippen LogP contribution in [0, 0.1) is 29.0 Å². The van der Waals surface area contributed by atoms with Crippen molar-refractivity contribution in [3.8, 4) is 5.75 Å². The first-order chi connectivity index (χ1) is 17.6. The van der Waals surface area contributed by atoms with Gasteiger partial charge < -0.3 is 26.2 Å². The van der Waals surface area contributed by atoms with E-state index in [9.17, 15) is 14.6 Å². The molecule has 2 saturated carbocycles. The molecule has 0 amide bonds. The minimum atomic E-state index is -0.477. The molecule has 0 bridgehead atoms. The maximum absolute atomic E-state index is 14.5. The number of aliphatic hydroxyl groups is 1. The van der Waals surface area contributed by atoms with Crippen molar-refractivity contribution >= 4 is 11.8 Å². The summed E-state index contributed by atoms with van der Waals surface area (Å²) in [6, 6.07) is 7.07. The molecule has 0 radical (unpaired) electrons. The summed E-state index contributed by atoms with van der Waals surface area (Å²) < 4.78 is 14.5. The van der Waals surface area contributed by atoms with Crippen LogP contribution in [0.5, 0.6) is 5.75 Å². The fourth-order valence-corrected chi connectivity index (χ4v) is 6.36. The molecular formula is C29H44FN5O2. The summed E-state index contributed by atoms with van der Waals surface area (Å²) in [5, 5.41) is 30.2. The van der Waals surface area contributed by atoms with Gasteiger partial charge in [0.1, 0.15) is 5.75 Å². The maximum atomic E-state index is 14.5. The van der Waals surface area contributed by atoms with Gasteiger partial charge in [0, 0.05) is 18.7 Å². The molecule has 204 valence electrons. The van der Waals surface area contributed by atoms with E-state index >= 15 is 0 Å². The molecule has 1 heterocycles. The van der Waals surface area contributed by atoms with Gasteiger partial charge in [-0.3, -0.25) is 0 Å². The van der Waals surface area contributed by atoms with Crippen molar-refractivity contribution in [3.05, 3.63) is 41.8 Å². The third-order valence-electron chi connectivity index (χ3n) is 8.26. The molecule has 1 aromatic heterocycles. The number of halogens is 1. The number of nitrogens with zero attached hydrogens (tertiary/aromatic N) is 2. The van der Waals surface area contributed by atoms with Crippen molar-refractivity contribution in [1.29, 1.82) is 0 Å². The molecule has 2 fully saturated rings. The van der Waals surface area contributed by atoms with Crippen molar-refractivity contribution in [1.82, 2.24) is 15.3 Å². The van der Waals surface area contributed by atoms with Gasteiger partial charge >= 0.3 is 0 Å². The average molecular weight is 514 g/mol. The van der Waals surface area contributed by atoms with Crippen LogP contribution in [-0.2, 0) is 6.54 Å². The Morgan fingerprint density at radius 3 is 2.54 bits per heavy atom. The van der Waals surface area contributed by atoms with Crippen LogP contribution >= 0.6 is 0 Å². The first-order valence-corrected chi connectivity index (χ1v) is 13.8. The minimum Gasteiger partial charge on any atom is -0.508 e. The van der Waals surface area contributed by atoms with E-state index in [-0.39, 0.29) is 17.0 Å². The third-order valence-corrected chi connectivity index (χ3v) is 8.26. The van der Waals surface area contributed by atoms with E-state index in [4.69, 9.17) is 0 Å². The molecule has 7 nitrogen and oxygen atoms in total. The van der Waals surface area contributed by atoms with E-state index in [1.54, 1.807) is 12.1 Å². The van der Waals surface area contributed by atoms with Crippen LogP contribution in [0.3, 0.4) is 0 Å². The topological polar surface area (TPSA) is 102 Å². The number of hydrogen-bond acceptors (Lipinski definition) is 7. The molecule has 0 saturated heterocycles. The van der Waals surface area contributed by atoms with Crippen LogP contribution in [0.4, 0.5) is 16.2 Å². The Labute approximate surface area is 220 Å². The molecule has 8 heteroatoms. The maximum Gasteiger partial charge on any atom is 0.225 e. The number of aromatic nitrogens is 2. The molecule has 1 unspecified atom stereocenters. The lowest BCUT2D eigenvalue weighted by atomic mass is 9.66. The number of para-hydroxylation sites is 1. The fraction of sp³-hybridized carbons (Fsp3) is 0.655. The van der Waals surface area contributed by atoms with E-state index in [1.165, 1.54) is 12.6 Å². The summed E-state index contributed by atoms with van der Waals surface area (Å²) in [7, 11) is 0. The summed E-state index contributed by atoms with van der Waals surface area (Å²) in [4.78, 5) is 8.42. The zero-order valence-electron chi connectivity index (χ0n) is 22.6. The van der Waals surface area contributed by atoms with Crippen LogP contribution in [0.1, 0.15) is 71.3 Å². The van der Waals surface area contributed by atoms with Crippen molar-refractivity contribution < 1.29 is 14.6 Å². The number of benzene rings is 1. The summed E-state index contributed by atoms with van der Waals surface area (Å²) in [5.41, 5.74) is 0.298. The Kier molecular flexibility index (Phi) is 8.90. The van der Waals surface area contributed by atoms with E-state index in [1.807, 2.05) is 19.1 Å². The SMILES string of the molecule is CC1C[C@@H](CNC[C@H]2CC[C@](C)(O)CC2)C[C@](C)(CNc2nc(NCc3ccccc3O)ncc2F)C1. The van der Waals surface area contributed by atoms with Gasteiger partial charge in [0.15, 0.2) is 11.6 Å². The number of rotatable bonds is 10. The second kappa shape index (κ2) is 11.9. The van der Waals surface area contributed by atoms with Gasteiger partial charge in [0.2, 0.25) is 5.95 Å². The minimum absolute atomic E-state index is 0.0500.